The van der Waals surface area contributed by atoms with Crippen molar-refractivity contribution in [2.45, 2.75) is 12.5 Å². The number of hydrogen-bond acceptors (Lipinski definition) is 6. The quantitative estimate of drug-likeness (QED) is 0.770. The second-order valence-corrected chi connectivity index (χ2v) is 5.59. The first-order chi connectivity index (χ1) is 12.7. The summed E-state index contributed by atoms with van der Waals surface area (Å²) in [5.74, 6) is -0.948. The zero-order valence-corrected chi connectivity index (χ0v) is 13.5. The van der Waals surface area contributed by atoms with E-state index in [1.54, 1.807) is 18.3 Å². The van der Waals surface area contributed by atoms with E-state index in [2.05, 4.69) is 25.4 Å². The number of carbonyl (C=O) groups excluding carboxylic acids is 2. The number of rotatable bonds is 4. The van der Waals surface area contributed by atoms with Gasteiger partial charge in [-0.2, -0.15) is 4.98 Å². The number of aromatic nitrogens is 3. The van der Waals surface area contributed by atoms with E-state index in [4.69, 9.17) is 4.52 Å². The molecule has 1 aliphatic heterocycles. The van der Waals surface area contributed by atoms with Gasteiger partial charge < -0.3 is 9.84 Å². The van der Waals surface area contributed by atoms with Crippen molar-refractivity contribution < 1.29 is 14.1 Å². The van der Waals surface area contributed by atoms with Crippen molar-refractivity contribution in [3.63, 3.8) is 0 Å². The number of nitrogens with zero attached hydrogens (tertiary/aromatic N) is 4. The monoisotopic (exact) mass is 347 g/mol. The predicted molar refractivity (Wildman–Crippen MR) is 92.6 cm³/mol. The number of hydrogen-bond donors (Lipinski definition) is 1. The average molecular weight is 347 g/mol. The van der Waals surface area contributed by atoms with Crippen LogP contribution in [0.4, 0.5) is 0 Å². The Morgan fingerprint density at radius 3 is 3.00 bits per heavy atom. The third-order valence-corrected chi connectivity index (χ3v) is 3.91. The number of dihydropyridines is 1. The highest BCUT2D eigenvalue weighted by Crippen LogP contribution is 2.18. The van der Waals surface area contributed by atoms with E-state index in [-0.39, 0.29) is 30.1 Å². The zero-order chi connectivity index (χ0) is 17.9. The predicted octanol–water partition coefficient (Wildman–Crippen LogP) is 1.80. The van der Waals surface area contributed by atoms with Crippen LogP contribution < -0.4 is 5.32 Å². The third-order valence-electron chi connectivity index (χ3n) is 3.91. The van der Waals surface area contributed by atoms with Crippen LogP contribution in [0.2, 0.25) is 0 Å². The smallest absolute Gasteiger partial charge is 0.270 e. The summed E-state index contributed by atoms with van der Waals surface area (Å²) in [5.41, 5.74) is 0.322. The topological polar surface area (TPSA) is 110 Å². The first-order valence-electron chi connectivity index (χ1n) is 7.91. The van der Waals surface area contributed by atoms with Crippen LogP contribution in [0.25, 0.3) is 10.8 Å². The molecule has 0 bridgehead atoms. The Kier molecular flexibility index (Phi) is 4.06. The van der Waals surface area contributed by atoms with Crippen molar-refractivity contribution >= 4 is 28.8 Å². The van der Waals surface area contributed by atoms with E-state index in [9.17, 15) is 9.59 Å². The minimum absolute atomic E-state index is 0.0324. The van der Waals surface area contributed by atoms with Gasteiger partial charge in [0.1, 0.15) is 11.6 Å². The molecule has 3 heterocycles. The van der Waals surface area contributed by atoms with Gasteiger partial charge in [0.15, 0.2) is 5.82 Å². The summed E-state index contributed by atoms with van der Waals surface area (Å²) in [6.45, 7) is 0.0324. The van der Waals surface area contributed by atoms with Crippen LogP contribution in [0.3, 0.4) is 0 Å². The van der Waals surface area contributed by atoms with Crippen LogP contribution in [0.15, 0.2) is 58.2 Å². The van der Waals surface area contributed by atoms with E-state index in [1.165, 1.54) is 6.21 Å². The number of carbonyl (C=O) groups is 2. The van der Waals surface area contributed by atoms with Gasteiger partial charge in [-0.15, -0.1) is 0 Å². The molecular weight excluding hydrogens is 334 g/mol. The van der Waals surface area contributed by atoms with Gasteiger partial charge in [-0.25, -0.2) is 4.99 Å². The second kappa shape index (κ2) is 6.67. The number of nitrogens with one attached hydrogen (secondary N) is 1. The lowest BCUT2D eigenvalue weighted by atomic mass is 10.1. The Balaban J connectivity index is 1.47. The van der Waals surface area contributed by atoms with Crippen molar-refractivity contribution in [2.75, 3.05) is 0 Å². The first-order valence-corrected chi connectivity index (χ1v) is 7.91. The standard InChI is InChI=1S/C18H13N5O3/c24-17-13(6-3-8-20-17)16-22-14(26-23-16)10-21-18(25)15-12-5-2-1-4-11(12)7-9-19-15/h1-9,13H,10H2,(H,21,25). The Labute approximate surface area is 147 Å². The first kappa shape index (κ1) is 15.8. The lowest BCUT2D eigenvalue weighted by molar-refractivity contribution is -0.118. The maximum absolute atomic E-state index is 12.4. The SMILES string of the molecule is O=C(NCc1nc(C2C=CC=NC2=O)no1)c1nccc2ccccc12. The van der Waals surface area contributed by atoms with E-state index < -0.39 is 5.92 Å². The summed E-state index contributed by atoms with van der Waals surface area (Å²) >= 11 is 0. The van der Waals surface area contributed by atoms with Gasteiger partial charge >= 0.3 is 0 Å². The summed E-state index contributed by atoms with van der Waals surface area (Å²) in [6, 6.07) is 9.34. The molecule has 4 rings (SSSR count). The fraction of sp³-hybridized carbons (Fsp3) is 0.111. The Hall–Kier alpha value is -3.68. The van der Waals surface area contributed by atoms with E-state index in [1.807, 2.05) is 30.3 Å². The molecule has 1 aromatic carbocycles. The Bertz CT molecular complexity index is 1050. The van der Waals surface area contributed by atoms with Gasteiger partial charge in [-0.1, -0.05) is 35.5 Å². The number of benzene rings is 1. The van der Waals surface area contributed by atoms with Crippen LogP contribution >= 0.6 is 0 Å². The fourth-order valence-corrected chi connectivity index (χ4v) is 2.64. The van der Waals surface area contributed by atoms with Crippen molar-refractivity contribution in [1.29, 1.82) is 0 Å². The number of fused-ring (bicyclic) bond motifs is 1. The molecule has 0 saturated heterocycles. The normalized spacial score (nSPS) is 16.2. The molecule has 8 heteroatoms. The van der Waals surface area contributed by atoms with Gasteiger partial charge in [0.05, 0.1) is 6.54 Å². The Morgan fingerprint density at radius 1 is 1.23 bits per heavy atom. The number of pyridine rings is 1. The minimum Gasteiger partial charge on any atom is -0.342 e. The molecule has 128 valence electrons. The maximum Gasteiger partial charge on any atom is 0.270 e. The van der Waals surface area contributed by atoms with Crippen molar-refractivity contribution in [1.82, 2.24) is 20.4 Å². The van der Waals surface area contributed by atoms with Crippen LogP contribution in [0.5, 0.6) is 0 Å². The zero-order valence-electron chi connectivity index (χ0n) is 13.5. The fourth-order valence-electron chi connectivity index (χ4n) is 2.64. The van der Waals surface area contributed by atoms with Crippen LogP contribution in [-0.4, -0.2) is 33.2 Å². The molecule has 1 N–H and O–H groups in total. The lowest BCUT2D eigenvalue weighted by Gasteiger charge is -2.05. The molecule has 0 aliphatic carbocycles. The van der Waals surface area contributed by atoms with Crippen molar-refractivity contribution in [3.8, 4) is 0 Å². The maximum atomic E-state index is 12.4. The average Bonchev–Trinajstić information content (AvgIpc) is 3.15. The number of allylic oxidation sites excluding steroid dienone is 1. The molecule has 0 radical (unpaired) electrons. The van der Waals surface area contributed by atoms with E-state index in [0.29, 0.717) is 5.69 Å². The molecule has 1 unspecified atom stereocenters. The number of amides is 2. The molecule has 3 aromatic rings. The molecule has 0 spiro atoms. The van der Waals surface area contributed by atoms with Gasteiger partial charge in [-0.3, -0.25) is 14.6 Å². The molecule has 0 saturated carbocycles. The highest BCUT2D eigenvalue weighted by atomic mass is 16.5. The molecular formula is C18H13N5O3. The number of aliphatic imine (C=N–C) groups is 1. The highest BCUT2D eigenvalue weighted by Gasteiger charge is 2.24. The van der Waals surface area contributed by atoms with Gasteiger partial charge in [-0.05, 0) is 17.5 Å². The van der Waals surface area contributed by atoms with E-state index in [0.717, 1.165) is 10.8 Å². The molecule has 2 aromatic heterocycles. The van der Waals surface area contributed by atoms with Crippen LogP contribution in [0, 0.1) is 0 Å². The molecule has 0 fully saturated rings. The Morgan fingerprint density at radius 2 is 2.12 bits per heavy atom. The van der Waals surface area contributed by atoms with Crippen LogP contribution in [-0.2, 0) is 11.3 Å². The third kappa shape index (κ3) is 3.00. The van der Waals surface area contributed by atoms with E-state index >= 15 is 0 Å². The van der Waals surface area contributed by atoms with Crippen molar-refractivity contribution in [3.05, 3.63) is 66.1 Å². The summed E-state index contributed by atoms with van der Waals surface area (Å²) in [6.07, 6.45) is 6.29. The second-order valence-electron chi connectivity index (χ2n) is 5.59. The summed E-state index contributed by atoms with van der Waals surface area (Å²) < 4.78 is 5.11. The highest BCUT2D eigenvalue weighted by molar-refractivity contribution is 6.05. The van der Waals surface area contributed by atoms with Crippen molar-refractivity contribution in [2.24, 2.45) is 4.99 Å². The summed E-state index contributed by atoms with van der Waals surface area (Å²) in [5, 5.41) is 8.18. The van der Waals surface area contributed by atoms with Gasteiger partial charge in [0.2, 0.25) is 5.89 Å². The minimum atomic E-state index is -0.659. The van der Waals surface area contributed by atoms with Gasteiger partial charge in [0, 0.05) is 17.8 Å². The lowest BCUT2D eigenvalue weighted by Crippen LogP contribution is -2.24. The molecule has 1 aliphatic rings. The summed E-state index contributed by atoms with van der Waals surface area (Å²) in [4.78, 5) is 36.2. The molecule has 1 atom stereocenters. The molecule has 2 amide bonds. The molecule has 8 nitrogen and oxygen atoms in total. The van der Waals surface area contributed by atoms with Gasteiger partial charge in [0.25, 0.3) is 11.8 Å². The summed E-state index contributed by atoms with van der Waals surface area (Å²) in [7, 11) is 0. The van der Waals surface area contributed by atoms with Crippen LogP contribution in [0.1, 0.15) is 28.1 Å². The molecule has 26 heavy (non-hydrogen) atoms. The largest absolute Gasteiger partial charge is 0.342 e.